The molecule has 1 aromatic heterocycles. The lowest BCUT2D eigenvalue weighted by molar-refractivity contribution is -0.124. The second-order valence-electron chi connectivity index (χ2n) is 5.72. The first-order valence-corrected chi connectivity index (χ1v) is 9.68. The van der Waals surface area contributed by atoms with E-state index in [1.807, 2.05) is 13.8 Å². The lowest BCUT2D eigenvalue weighted by atomic mass is 10.1. The molecule has 0 bridgehead atoms. The zero-order chi connectivity index (χ0) is 16.3. The Bertz CT molecular complexity index is 633. The van der Waals surface area contributed by atoms with E-state index < -0.39 is 16.1 Å². The van der Waals surface area contributed by atoms with Crippen LogP contribution in [0.1, 0.15) is 24.6 Å². The van der Waals surface area contributed by atoms with Crippen LogP contribution in [0.25, 0.3) is 0 Å². The van der Waals surface area contributed by atoms with Gasteiger partial charge < -0.3 is 11.1 Å². The second kappa shape index (κ2) is 8.43. The number of carbonyl (C=O) groups excluding carboxylic acids is 1. The summed E-state index contributed by atoms with van der Waals surface area (Å²) in [5, 5.41) is 2.81. The molecule has 0 aromatic carbocycles. The number of sulfonamides is 1. The molecule has 1 aromatic rings. The molecule has 1 aliphatic rings. The topological polar surface area (TPSA) is 92.5 Å². The van der Waals surface area contributed by atoms with Gasteiger partial charge in [-0.25, -0.2) is 8.42 Å². The molecule has 2 atom stereocenters. The third-order valence-corrected chi connectivity index (χ3v) is 7.19. The Balaban J connectivity index is 0.00000264. The summed E-state index contributed by atoms with van der Waals surface area (Å²) in [5.74, 6) is -0.0509. The summed E-state index contributed by atoms with van der Waals surface area (Å²) >= 11 is 1.24. The summed E-state index contributed by atoms with van der Waals surface area (Å²) in [6.45, 7) is 5.16. The number of rotatable bonds is 6. The highest BCUT2D eigenvalue weighted by molar-refractivity contribution is 7.91. The number of nitrogens with two attached hydrogens (primary N) is 1. The molecule has 1 fully saturated rings. The van der Waals surface area contributed by atoms with Gasteiger partial charge in [-0.05, 0) is 44.4 Å². The molecule has 132 valence electrons. The predicted octanol–water partition coefficient (Wildman–Crippen LogP) is 1.34. The molecule has 0 spiro atoms. The van der Waals surface area contributed by atoms with Crippen molar-refractivity contribution in [3.05, 3.63) is 17.0 Å². The van der Waals surface area contributed by atoms with Crippen LogP contribution >= 0.6 is 23.7 Å². The predicted molar refractivity (Wildman–Crippen MR) is 94.4 cm³/mol. The molecule has 0 aliphatic carbocycles. The fourth-order valence-corrected chi connectivity index (χ4v) is 5.50. The third kappa shape index (κ3) is 4.67. The van der Waals surface area contributed by atoms with E-state index in [4.69, 9.17) is 5.73 Å². The molecule has 2 unspecified atom stereocenters. The van der Waals surface area contributed by atoms with E-state index in [0.29, 0.717) is 36.7 Å². The molecule has 1 saturated heterocycles. The minimum absolute atomic E-state index is 0. The van der Waals surface area contributed by atoms with Crippen molar-refractivity contribution in [2.75, 3.05) is 19.6 Å². The van der Waals surface area contributed by atoms with E-state index in [-0.39, 0.29) is 24.2 Å². The maximum atomic E-state index is 12.7. The van der Waals surface area contributed by atoms with Crippen LogP contribution in [-0.4, -0.2) is 44.3 Å². The van der Waals surface area contributed by atoms with Crippen LogP contribution in [0.3, 0.4) is 0 Å². The van der Waals surface area contributed by atoms with Crippen LogP contribution < -0.4 is 11.1 Å². The third-order valence-electron chi connectivity index (χ3n) is 3.81. The van der Waals surface area contributed by atoms with Gasteiger partial charge in [0.05, 0.1) is 0 Å². The largest absolute Gasteiger partial charge is 0.354 e. The van der Waals surface area contributed by atoms with Crippen LogP contribution in [0, 0.1) is 12.8 Å². The molecule has 2 heterocycles. The Morgan fingerprint density at radius 3 is 2.78 bits per heavy atom. The van der Waals surface area contributed by atoms with E-state index in [1.54, 1.807) is 12.1 Å². The normalized spacial score (nSPS) is 20.0. The number of aryl methyl sites for hydroxylation is 1. The maximum absolute atomic E-state index is 12.7. The first-order valence-electron chi connectivity index (χ1n) is 7.42. The van der Waals surface area contributed by atoms with Gasteiger partial charge >= 0.3 is 0 Å². The van der Waals surface area contributed by atoms with Crippen molar-refractivity contribution in [3.63, 3.8) is 0 Å². The average molecular weight is 382 g/mol. The minimum atomic E-state index is -3.59. The van der Waals surface area contributed by atoms with Crippen LogP contribution in [0.15, 0.2) is 16.3 Å². The van der Waals surface area contributed by atoms with Crippen LogP contribution in [0.5, 0.6) is 0 Å². The van der Waals surface area contributed by atoms with Gasteiger partial charge in [0.25, 0.3) is 10.0 Å². The van der Waals surface area contributed by atoms with E-state index in [9.17, 15) is 13.2 Å². The quantitative estimate of drug-likeness (QED) is 0.777. The summed E-state index contributed by atoms with van der Waals surface area (Å²) in [6, 6.07) is 2.78. The molecule has 23 heavy (non-hydrogen) atoms. The van der Waals surface area contributed by atoms with E-state index in [1.165, 1.54) is 15.6 Å². The number of hydrogen-bond donors (Lipinski definition) is 2. The molecule has 1 aliphatic heterocycles. The molecular formula is C14H24ClN3O3S2. The summed E-state index contributed by atoms with van der Waals surface area (Å²) in [4.78, 5) is 13.2. The Labute approximate surface area is 147 Å². The van der Waals surface area contributed by atoms with Gasteiger partial charge in [0.15, 0.2) is 0 Å². The van der Waals surface area contributed by atoms with E-state index in [0.717, 1.165) is 4.88 Å². The van der Waals surface area contributed by atoms with Crippen molar-refractivity contribution >= 4 is 39.7 Å². The lowest BCUT2D eigenvalue weighted by Gasteiger charge is -2.23. The van der Waals surface area contributed by atoms with E-state index in [2.05, 4.69) is 5.32 Å². The molecular weight excluding hydrogens is 358 g/mol. The number of hydrogen-bond acceptors (Lipinski definition) is 5. The summed E-state index contributed by atoms with van der Waals surface area (Å²) in [7, 11) is -3.59. The first-order chi connectivity index (χ1) is 10.4. The van der Waals surface area contributed by atoms with Crippen molar-refractivity contribution in [2.24, 2.45) is 11.7 Å². The summed E-state index contributed by atoms with van der Waals surface area (Å²) < 4.78 is 27.0. The highest BCUT2D eigenvalue weighted by Crippen LogP contribution is 2.30. The number of amides is 1. The van der Waals surface area contributed by atoms with Crippen molar-refractivity contribution in [3.8, 4) is 0 Å². The van der Waals surface area contributed by atoms with Crippen molar-refractivity contribution in [2.45, 2.75) is 36.9 Å². The smallest absolute Gasteiger partial charge is 0.253 e. The fourth-order valence-electron chi connectivity index (χ4n) is 2.43. The number of thiophene rings is 1. The maximum Gasteiger partial charge on any atom is 0.253 e. The van der Waals surface area contributed by atoms with Gasteiger partial charge in [0, 0.05) is 18.0 Å². The summed E-state index contributed by atoms with van der Waals surface area (Å²) in [5.41, 5.74) is 5.53. The van der Waals surface area contributed by atoms with Crippen LogP contribution in [-0.2, 0) is 14.8 Å². The Morgan fingerprint density at radius 2 is 2.22 bits per heavy atom. The minimum Gasteiger partial charge on any atom is -0.354 e. The van der Waals surface area contributed by atoms with Crippen molar-refractivity contribution in [1.82, 2.24) is 9.62 Å². The van der Waals surface area contributed by atoms with Gasteiger partial charge in [-0.2, -0.15) is 4.31 Å². The zero-order valence-electron chi connectivity index (χ0n) is 13.3. The Hall–Kier alpha value is -0.670. The number of nitrogens with zero attached hydrogens (tertiary/aromatic N) is 1. The second-order valence-corrected chi connectivity index (χ2v) is 9.13. The number of halogens is 1. The average Bonchev–Trinajstić information content (AvgIpc) is 3.13. The molecule has 0 saturated carbocycles. The van der Waals surface area contributed by atoms with Crippen LogP contribution in [0.2, 0.25) is 0 Å². The molecule has 2 rings (SSSR count). The van der Waals surface area contributed by atoms with Crippen molar-refractivity contribution < 1.29 is 13.2 Å². The van der Waals surface area contributed by atoms with Gasteiger partial charge in [-0.15, -0.1) is 23.7 Å². The molecule has 3 N–H and O–H groups in total. The summed E-state index contributed by atoms with van der Waals surface area (Å²) in [6.07, 6.45) is 1.26. The molecule has 0 radical (unpaired) electrons. The number of carbonyl (C=O) groups is 1. The van der Waals surface area contributed by atoms with Gasteiger partial charge in [-0.1, -0.05) is 6.92 Å². The van der Waals surface area contributed by atoms with Gasteiger partial charge in [-0.3, -0.25) is 4.79 Å². The highest BCUT2D eigenvalue weighted by atomic mass is 35.5. The fraction of sp³-hybridized carbons (Fsp3) is 0.643. The first kappa shape index (κ1) is 20.4. The van der Waals surface area contributed by atoms with Crippen molar-refractivity contribution in [1.29, 1.82) is 0 Å². The molecule has 6 nitrogen and oxygen atoms in total. The SMILES string of the molecule is Cc1ccc(S(=O)(=O)N2CCCC2C(=O)NCC(C)CN)s1.Cl. The van der Waals surface area contributed by atoms with Gasteiger partial charge in [0.1, 0.15) is 10.3 Å². The monoisotopic (exact) mass is 381 g/mol. The number of nitrogens with one attached hydrogen (secondary N) is 1. The van der Waals surface area contributed by atoms with Crippen LogP contribution in [0.4, 0.5) is 0 Å². The lowest BCUT2D eigenvalue weighted by Crippen LogP contribution is -2.47. The highest BCUT2D eigenvalue weighted by Gasteiger charge is 2.39. The van der Waals surface area contributed by atoms with E-state index >= 15 is 0 Å². The molecule has 1 amide bonds. The standard InChI is InChI=1S/C14H23N3O3S2.ClH/c1-10(8-15)9-16-14(18)12-4-3-7-17(12)22(19,20)13-6-5-11(2)21-13;/h5-6,10,12H,3-4,7-9,15H2,1-2H3,(H,16,18);1H. The Kier molecular flexibility index (Phi) is 7.47. The zero-order valence-corrected chi connectivity index (χ0v) is 15.8. The Morgan fingerprint density at radius 1 is 1.52 bits per heavy atom. The molecule has 9 heteroatoms. The van der Waals surface area contributed by atoms with Gasteiger partial charge in [0.2, 0.25) is 5.91 Å².